The summed E-state index contributed by atoms with van der Waals surface area (Å²) in [5, 5.41) is 0. The summed E-state index contributed by atoms with van der Waals surface area (Å²) in [5.41, 5.74) is 0. The van der Waals surface area contributed by atoms with E-state index in [1.54, 1.807) is 0 Å². The van der Waals surface area contributed by atoms with Gasteiger partial charge in [-0.05, 0) is 0 Å². The molecule has 0 unspecified atom stereocenters. The highest BCUT2D eigenvalue weighted by atomic mass is 19.3. The first kappa shape index (κ1) is 9.29. The molecular weight excluding hydrogens is 146 g/mol. The second-order valence-corrected chi connectivity index (χ2v) is 1.59. The van der Waals surface area contributed by atoms with Crippen LogP contribution in [0.2, 0.25) is 0 Å². The zero-order valence-corrected chi connectivity index (χ0v) is 5.69. The molecule has 60 valence electrons. The molecule has 0 bridgehead atoms. The third kappa shape index (κ3) is 3.34. The fourth-order valence-corrected chi connectivity index (χ4v) is 0.312. The molecule has 0 aliphatic rings. The summed E-state index contributed by atoms with van der Waals surface area (Å²) in [7, 11) is 1.86. The van der Waals surface area contributed by atoms with Gasteiger partial charge in [-0.25, -0.2) is 0 Å². The Morgan fingerprint density at radius 1 is 1.50 bits per heavy atom. The molecule has 0 aromatic heterocycles. The lowest BCUT2D eigenvalue weighted by atomic mass is 10.4. The van der Waals surface area contributed by atoms with E-state index in [1.165, 1.54) is 0 Å². The van der Waals surface area contributed by atoms with Crippen LogP contribution in [0.1, 0.15) is 6.42 Å². The molecule has 0 spiro atoms. The molecule has 3 nitrogen and oxygen atoms in total. The van der Waals surface area contributed by atoms with Crippen molar-refractivity contribution in [3.05, 3.63) is 0 Å². The highest BCUT2D eigenvalue weighted by Crippen LogP contribution is 2.18. The van der Waals surface area contributed by atoms with Crippen LogP contribution in [0.3, 0.4) is 0 Å². The number of carbonyl (C=O) groups is 1. The first-order valence-electron chi connectivity index (χ1n) is 2.51. The van der Waals surface area contributed by atoms with Crippen molar-refractivity contribution >= 4 is 5.97 Å². The van der Waals surface area contributed by atoms with Crippen molar-refractivity contribution in [3.63, 3.8) is 0 Å². The zero-order valence-electron chi connectivity index (χ0n) is 5.69. The average molecular weight is 154 g/mol. The molecule has 0 rings (SSSR count). The van der Waals surface area contributed by atoms with Gasteiger partial charge in [0.1, 0.15) is 6.42 Å². The van der Waals surface area contributed by atoms with Crippen LogP contribution >= 0.6 is 0 Å². The summed E-state index contributed by atoms with van der Waals surface area (Å²) < 4.78 is 31.8. The van der Waals surface area contributed by atoms with E-state index in [2.05, 4.69) is 9.47 Å². The predicted octanol–water partition coefficient (Wildman–Crippen LogP) is 0.789. The average Bonchev–Trinajstić information content (AvgIpc) is 1.87. The highest BCUT2D eigenvalue weighted by Gasteiger charge is 2.32. The molecule has 0 fully saturated rings. The number of carbonyl (C=O) groups excluding carboxylic acids is 1. The quantitative estimate of drug-likeness (QED) is 0.564. The van der Waals surface area contributed by atoms with Gasteiger partial charge in [-0.2, -0.15) is 8.78 Å². The molecule has 0 aromatic carbocycles. The van der Waals surface area contributed by atoms with Crippen molar-refractivity contribution in [3.8, 4) is 0 Å². The van der Waals surface area contributed by atoms with Gasteiger partial charge in [-0.15, -0.1) is 0 Å². The third-order valence-corrected chi connectivity index (χ3v) is 0.876. The van der Waals surface area contributed by atoms with Gasteiger partial charge in [0.15, 0.2) is 0 Å². The predicted molar refractivity (Wildman–Crippen MR) is 28.6 cm³/mol. The van der Waals surface area contributed by atoms with Gasteiger partial charge >= 0.3 is 12.1 Å². The van der Waals surface area contributed by atoms with Crippen LogP contribution in [0.5, 0.6) is 0 Å². The maximum atomic E-state index is 12.1. The minimum atomic E-state index is -3.41. The molecule has 5 heteroatoms. The standard InChI is InChI=1S/C5H8F2O3/c1-9-4(8)3-5(6,7)10-2/h3H2,1-2H3. The van der Waals surface area contributed by atoms with E-state index in [1.807, 2.05) is 0 Å². The largest absolute Gasteiger partial charge is 0.469 e. The Morgan fingerprint density at radius 3 is 2.30 bits per heavy atom. The second kappa shape index (κ2) is 3.46. The summed E-state index contributed by atoms with van der Waals surface area (Å²) >= 11 is 0. The summed E-state index contributed by atoms with van der Waals surface area (Å²) in [5.74, 6) is -0.994. The molecule has 0 aliphatic carbocycles. The van der Waals surface area contributed by atoms with Crippen molar-refractivity contribution in [1.82, 2.24) is 0 Å². The number of methoxy groups -OCH3 is 2. The smallest absolute Gasteiger partial charge is 0.366 e. The van der Waals surface area contributed by atoms with Crippen LogP contribution in [0.25, 0.3) is 0 Å². The van der Waals surface area contributed by atoms with E-state index in [9.17, 15) is 13.6 Å². The molecule has 0 amide bonds. The summed E-state index contributed by atoms with van der Waals surface area (Å²) in [6.45, 7) is 0. The molecular formula is C5H8F2O3. The van der Waals surface area contributed by atoms with Crippen LogP contribution < -0.4 is 0 Å². The summed E-state index contributed by atoms with van der Waals surface area (Å²) in [6.07, 6.45) is -4.45. The Morgan fingerprint density at radius 2 is 2.00 bits per heavy atom. The molecule has 0 heterocycles. The van der Waals surface area contributed by atoms with E-state index in [4.69, 9.17) is 0 Å². The zero-order chi connectivity index (χ0) is 8.20. The molecule has 0 saturated heterocycles. The summed E-state index contributed by atoms with van der Waals surface area (Å²) in [4.78, 5) is 10.2. The molecule has 10 heavy (non-hydrogen) atoms. The lowest BCUT2D eigenvalue weighted by molar-refractivity contribution is -0.228. The Bertz CT molecular complexity index is 124. The minimum absolute atomic E-state index is 0.822. The van der Waals surface area contributed by atoms with E-state index in [0.717, 1.165) is 14.2 Å². The van der Waals surface area contributed by atoms with Crippen molar-refractivity contribution in [2.24, 2.45) is 0 Å². The van der Waals surface area contributed by atoms with Crippen molar-refractivity contribution in [2.75, 3.05) is 14.2 Å². The van der Waals surface area contributed by atoms with Gasteiger partial charge in [-0.1, -0.05) is 0 Å². The number of ether oxygens (including phenoxy) is 2. The topological polar surface area (TPSA) is 35.5 Å². The van der Waals surface area contributed by atoms with Crippen LogP contribution in [-0.2, 0) is 14.3 Å². The normalized spacial score (nSPS) is 11.2. The lowest BCUT2D eigenvalue weighted by Crippen LogP contribution is -2.23. The Hall–Kier alpha value is -0.710. The fourth-order valence-electron chi connectivity index (χ4n) is 0.312. The maximum Gasteiger partial charge on any atom is 0.366 e. The molecule has 0 N–H and O–H groups in total. The number of hydrogen-bond donors (Lipinski definition) is 0. The maximum absolute atomic E-state index is 12.1. The van der Waals surface area contributed by atoms with Crippen molar-refractivity contribution in [1.29, 1.82) is 0 Å². The first-order valence-corrected chi connectivity index (χ1v) is 2.51. The van der Waals surface area contributed by atoms with Gasteiger partial charge in [0.25, 0.3) is 0 Å². The third-order valence-electron chi connectivity index (χ3n) is 0.876. The van der Waals surface area contributed by atoms with Gasteiger partial charge in [0, 0.05) is 7.11 Å². The number of alkyl halides is 2. The van der Waals surface area contributed by atoms with Crippen LogP contribution in [0, 0.1) is 0 Å². The van der Waals surface area contributed by atoms with Crippen LogP contribution in [0.15, 0.2) is 0 Å². The van der Waals surface area contributed by atoms with Gasteiger partial charge in [-0.3, -0.25) is 4.79 Å². The first-order chi connectivity index (χ1) is 4.52. The summed E-state index contributed by atoms with van der Waals surface area (Å²) in [6, 6.07) is 0. The molecule has 0 atom stereocenters. The number of hydrogen-bond acceptors (Lipinski definition) is 3. The SMILES string of the molecule is COC(=O)CC(F)(F)OC. The van der Waals surface area contributed by atoms with Crippen LogP contribution in [-0.4, -0.2) is 26.3 Å². The van der Waals surface area contributed by atoms with Crippen molar-refractivity contribution < 1.29 is 23.0 Å². The monoisotopic (exact) mass is 154 g/mol. The number of halogens is 2. The van der Waals surface area contributed by atoms with Gasteiger partial charge in [0.2, 0.25) is 0 Å². The van der Waals surface area contributed by atoms with Crippen molar-refractivity contribution in [2.45, 2.75) is 12.5 Å². The minimum Gasteiger partial charge on any atom is -0.469 e. The van der Waals surface area contributed by atoms with E-state index < -0.39 is 18.5 Å². The number of rotatable bonds is 3. The number of esters is 1. The molecule has 0 radical (unpaired) electrons. The van der Waals surface area contributed by atoms with Gasteiger partial charge < -0.3 is 9.47 Å². The van der Waals surface area contributed by atoms with E-state index in [0.29, 0.717) is 0 Å². The Balaban J connectivity index is 3.76. The van der Waals surface area contributed by atoms with Crippen LogP contribution in [0.4, 0.5) is 8.78 Å². The molecule has 0 aliphatic heterocycles. The van der Waals surface area contributed by atoms with E-state index in [-0.39, 0.29) is 0 Å². The second-order valence-electron chi connectivity index (χ2n) is 1.59. The molecule has 0 saturated carbocycles. The fraction of sp³-hybridized carbons (Fsp3) is 0.800. The van der Waals surface area contributed by atoms with E-state index >= 15 is 0 Å². The van der Waals surface area contributed by atoms with Gasteiger partial charge in [0.05, 0.1) is 7.11 Å². The highest BCUT2D eigenvalue weighted by molar-refractivity contribution is 5.69. The Kier molecular flexibility index (Phi) is 3.21. The molecule has 0 aromatic rings. The Labute approximate surface area is 56.9 Å². The lowest BCUT2D eigenvalue weighted by Gasteiger charge is -2.10.